The highest BCUT2D eigenvalue weighted by Crippen LogP contribution is 2.31. The molecule has 0 radical (unpaired) electrons. The highest BCUT2D eigenvalue weighted by molar-refractivity contribution is 5.69. The van der Waals surface area contributed by atoms with Crippen LogP contribution in [0.15, 0.2) is 42.5 Å². The summed E-state index contributed by atoms with van der Waals surface area (Å²) in [5.41, 5.74) is 7.04. The second-order valence-electron chi connectivity index (χ2n) is 5.13. The SMILES string of the molecule is CCC(C)c1ccc(-c2ccccc2)c(C)c1C. The maximum absolute atomic E-state index is 2.31. The van der Waals surface area contributed by atoms with Gasteiger partial charge in [-0.15, -0.1) is 0 Å². The molecule has 0 saturated carbocycles. The van der Waals surface area contributed by atoms with E-state index in [0.717, 1.165) is 0 Å². The number of hydrogen-bond acceptors (Lipinski definition) is 0. The summed E-state index contributed by atoms with van der Waals surface area (Å²) in [7, 11) is 0. The third-order valence-electron chi connectivity index (χ3n) is 4.06. The molecule has 0 aliphatic carbocycles. The van der Waals surface area contributed by atoms with E-state index in [2.05, 4.69) is 70.2 Å². The molecular formula is C18H22. The lowest BCUT2D eigenvalue weighted by atomic mass is 9.88. The molecule has 0 aliphatic rings. The zero-order valence-electron chi connectivity index (χ0n) is 11.8. The van der Waals surface area contributed by atoms with Gasteiger partial charge in [0, 0.05) is 0 Å². The summed E-state index contributed by atoms with van der Waals surface area (Å²) in [5, 5.41) is 0. The molecule has 2 rings (SSSR count). The fourth-order valence-corrected chi connectivity index (χ4v) is 2.53. The fraction of sp³-hybridized carbons (Fsp3) is 0.333. The Labute approximate surface area is 111 Å². The van der Waals surface area contributed by atoms with Crippen LogP contribution in [0.4, 0.5) is 0 Å². The Bertz CT molecular complexity index is 523. The summed E-state index contributed by atoms with van der Waals surface area (Å²) in [6, 6.07) is 15.2. The van der Waals surface area contributed by atoms with Gasteiger partial charge >= 0.3 is 0 Å². The Balaban J connectivity index is 2.51. The first-order chi connectivity index (χ1) is 8.65. The molecule has 0 nitrogen and oxygen atoms in total. The van der Waals surface area contributed by atoms with Crippen LogP contribution in [0.5, 0.6) is 0 Å². The van der Waals surface area contributed by atoms with Gasteiger partial charge in [0.1, 0.15) is 0 Å². The lowest BCUT2D eigenvalue weighted by molar-refractivity contribution is 0.727. The van der Waals surface area contributed by atoms with Gasteiger partial charge in [-0.1, -0.05) is 56.3 Å². The summed E-state index contributed by atoms with van der Waals surface area (Å²) in [5.74, 6) is 0.647. The van der Waals surface area contributed by atoms with Crippen molar-refractivity contribution in [3.8, 4) is 11.1 Å². The summed E-state index contributed by atoms with van der Waals surface area (Å²) >= 11 is 0. The van der Waals surface area contributed by atoms with Gasteiger partial charge in [-0.3, -0.25) is 0 Å². The van der Waals surface area contributed by atoms with Crippen molar-refractivity contribution in [3.63, 3.8) is 0 Å². The van der Waals surface area contributed by atoms with Gasteiger partial charge in [-0.2, -0.15) is 0 Å². The van der Waals surface area contributed by atoms with Gasteiger partial charge in [-0.25, -0.2) is 0 Å². The van der Waals surface area contributed by atoms with Gasteiger partial charge in [-0.05, 0) is 54.0 Å². The summed E-state index contributed by atoms with van der Waals surface area (Å²) in [6.07, 6.45) is 1.20. The molecule has 0 aliphatic heterocycles. The van der Waals surface area contributed by atoms with Crippen molar-refractivity contribution < 1.29 is 0 Å². The zero-order valence-corrected chi connectivity index (χ0v) is 11.8. The number of rotatable bonds is 3. The van der Waals surface area contributed by atoms with Crippen molar-refractivity contribution in [2.45, 2.75) is 40.0 Å². The lowest BCUT2D eigenvalue weighted by Gasteiger charge is -2.17. The van der Waals surface area contributed by atoms with Crippen molar-refractivity contribution >= 4 is 0 Å². The standard InChI is InChI=1S/C18H22/c1-5-13(2)17-11-12-18(15(4)14(17)3)16-9-7-6-8-10-16/h6-13H,5H2,1-4H3. The molecule has 0 aromatic heterocycles. The van der Waals surface area contributed by atoms with Crippen molar-refractivity contribution in [2.75, 3.05) is 0 Å². The molecule has 1 atom stereocenters. The average Bonchev–Trinajstić information content (AvgIpc) is 2.42. The molecule has 2 aromatic carbocycles. The smallest absolute Gasteiger partial charge is 0.0152 e. The lowest BCUT2D eigenvalue weighted by Crippen LogP contribution is -1.98. The summed E-state index contributed by atoms with van der Waals surface area (Å²) in [6.45, 7) is 9.06. The van der Waals surface area contributed by atoms with Crippen LogP contribution < -0.4 is 0 Å². The van der Waals surface area contributed by atoms with Crippen molar-refractivity contribution in [1.82, 2.24) is 0 Å². The van der Waals surface area contributed by atoms with Crippen LogP contribution in [-0.2, 0) is 0 Å². The van der Waals surface area contributed by atoms with Gasteiger partial charge in [0.15, 0.2) is 0 Å². The Hall–Kier alpha value is -1.56. The predicted octanol–water partition coefficient (Wildman–Crippen LogP) is 5.48. The summed E-state index contributed by atoms with van der Waals surface area (Å²) in [4.78, 5) is 0. The van der Waals surface area contributed by atoms with E-state index >= 15 is 0 Å². The second kappa shape index (κ2) is 5.39. The molecule has 0 fully saturated rings. The van der Waals surface area contributed by atoms with Gasteiger partial charge in [0.25, 0.3) is 0 Å². The van der Waals surface area contributed by atoms with Gasteiger partial charge in [0.05, 0.1) is 0 Å². The molecule has 0 N–H and O–H groups in total. The minimum Gasteiger partial charge on any atom is -0.0648 e. The molecule has 18 heavy (non-hydrogen) atoms. The number of hydrogen-bond donors (Lipinski definition) is 0. The maximum Gasteiger partial charge on any atom is -0.0152 e. The van der Waals surface area contributed by atoms with Crippen molar-refractivity contribution in [1.29, 1.82) is 0 Å². The van der Waals surface area contributed by atoms with E-state index in [1.165, 1.54) is 34.2 Å². The third-order valence-corrected chi connectivity index (χ3v) is 4.06. The zero-order chi connectivity index (χ0) is 13.1. The van der Waals surface area contributed by atoms with E-state index in [0.29, 0.717) is 5.92 Å². The second-order valence-corrected chi connectivity index (χ2v) is 5.13. The molecular weight excluding hydrogens is 216 g/mol. The third kappa shape index (κ3) is 2.33. The van der Waals surface area contributed by atoms with Crippen LogP contribution in [0.25, 0.3) is 11.1 Å². The molecule has 0 saturated heterocycles. The Morgan fingerprint density at radius 1 is 0.889 bits per heavy atom. The topological polar surface area (TPSA) is 0 Å². The quantitative estimate of drug-likeness (QED) is 0.663. The predicted molar refractivity (Wildman–Crippen MR) is 80.1 cm³/mol. The monoisotopic (exact) mass is 238 g/mol. The van der Waals surface area contributed by atoms with Crippen LogP contribution in [-0.4, -0.2) is 0 Å². The normalized spacial score (nSPS) is 12.4. The minimum atomic E-state index is 0.647. The highest BCUT2D eigenvalue weighted by atomic mass is 14.2. The first kappa shape index (κ1) is 12.9. The Kier molecular flexibility index (Phi) is 3.86. The van der Waals surface area contributed by atoms with E-state index in [4.69, 9.17) is 0 Å². The molecule has 0 amide bonds. The van der Waals surface area contributed by atoms with Crippen molar-refractivity contribution in [3.05, 3.63) is 59.2 Å². The molecule has 1 unspecified atom stereocenters. The Morgan fingerprint density at radius 2 is 1.56 bits per heavy atom. The average molecular weight is 238 g/mol. The van der Waals surface area contributed by atoms with E-state index in [1.54, 1.807) is 0 Å². The number of benzene rings is 2. The van der Waals surface area contributed by atoms with E-state index in [-0.39, 0.29) is 0 Å². The molecule has 0 spiro atoms. The van der Waals surface area contributed by atoms with Crippen LogP contribution in [0.1, 0.15) is 42.9 Å². The molecule has 0 bridgehead atoms. The summed E-state index contributed by atoms with van der Waals surface area (Å²) < 4.78 is 0. The van der Waals surface area contributed by atoms with Crippen LogP contribution in [0.2, 0.25) is 0 Å². The van der Waals surface area contributed by atoms with Crippen LogP contribution in [0.3, 0.4) is 0 Å². The fourth-order valence-electron chi connectivity index (χ4n) is 2.53. The molecule has 0 heteroatoms. The first-order valence-corrected chi connectivity index (χ1v) is 6.80. The van der Waals surface area contributed by atoms with Crippen molar-refractivity contribution in [2.24, 2.45) is 0 Å². The van der Waals surface area contributed by atoms with E-state index in [1.807, 2.05) is 0 Å². The largest absolute Gasteiger partial charge is 0.0648 e. The van der Waals surface area contributed by atoms with Crippen LogP contribution >= 0.6 is 0 Å². The minimum absolute atomic E-state index is 0.647. The Morgan fingerprint density at radius 3 is 2.17 bits per heavy atom. The highest BCUT2D eigenvalue weighted by Gasteiger charge is 2.11. The van der Waals surface area contributed by atoms with E-state index in [9.17, 15) is 0 Å². The molecule has 0 heterocycles. The molecule has 94 valence electrons. The van der Waals surface area contributed by atoms with Crippen LogP contribution in [0, 0.1) is 13.8 Å². The van der Waals surface area contributed by atoms with Gasteiger partial charge < -0.3 is 0 Å². The van der Waals surface area contributed by atoms with E-state index < -0.39 is 0 Å². The molecule has 2 aromatic rings. The van der Waals surface area contributed by atoms with Gasteiger partial charge in [0.2, 0.25) is 0 Å². The maximum atomic E-state index is 2.31. The first-order valence-electron chi connectivity index (χ1n) is 6.80.